The molecular formula is C18H20N4OS. The Morgan fingerprint density at radius 2 is 2.29 bits per heavy atom. The Morgan fingerprint density at radius 1 is 1.42 bits per heavy atom. The molecule has 0 saturated heterocycles. The van der Waals surface area contributed by atoms with Crippen molar-refractivity contribution in [3.63, 3.8) is 0 Å². The van der Waals surface area contributed by atoms with Crippen LogP contribution in [-0.2, 0) is 0 Å². The number of rotatable bonds is 6. The van der Waals surface area contributed by atoms with Crippen molar-refractivity contribution in [2.24, 2.45) is 0 Å². The number of nitrogens with zero attached hydrogens (tertiary/aromatic N) is 3. The largest absolute Gasteiger partial charge is 0.346 e. The van der Waals surface area contributed by atoms with Crippen molar-refractivity contribution in [3.8, 4) is 16.5 Å². The highest BCUT2D eigenvalue weighted by Gasteiger charge is 2.18. The number of nitrogens with one attached hydrogen (secondary N) is 1. The van der Waals surface area contributed by atoms with Crippen molar-refractivity contribution in [1.82, 2.24) is 14.9 Å². The third-order valence-corrected chi connectivity index (χ3v) is 4.98. The van der Waals surface area contributed by atoms with Crippen LogP contribution in [0.25, 0.3) is 21.5 Å². The number of aromatic nitrogens is 2. The van der Waals surface area contributed by atoms with Crippen LogP contribution in [0.4, 0.5) is 0 Å². The molecule has 0 fully saturated rings. The number of hydrogen-bond acceptors (Lipinski definition) is 4. The molecule has 0 atom stereocenters. The number of aromatic amines is 1. The van der Waals surface area contributed by atoms with Crippen LogP contribution in [0, 0.1) is 11.3 Å². The maximum atomic E-state index is 12.7. The molecule has 5 nitrogen and oxygen atoms in total. The topological polar surface area (TPSA) is 72.8 Å². The number of fused-ring (bicyclic) bond motifs is 1. The third-order valence-electron chi connectivity index (χ3n) is 3.87. The normalized spacial score (nSPS) is 10.7. The molecule has 24 heavy (non-hydrogen) atoms. The summed E-state index contributed by atoms with van der Waals surface area (Å²) in [5, 5.41) is 10.00. The minimum absolute atomic E-state index is 0. The molecule has 124 valence electrons. The van der Waals surface area contributed by atoms with Gasteiger partial charge in [-0.1, -0.05) is 13.3 Å². The zero-order valence-electron chi connectivity index (χ0n) is 13.5. The standard InChI is InChI=1S/C18H18N4OS.H2/c1-2-3-11-22(12-8-19)18(23)16-5-4-15(24-16)13-6-9-20-17-14(13)7-10-21-17;/h4-7,9-10H,2-3,11-12H2,1H3,(H,20,21);1H. The third kappa shape index (κ3) is 3.17. The molecule has 0 aliphatic rings. The van der Waals surface area contributed by atoms with E-state index in [9.17, 15) is 4.79 Å². The number of carbonyl (C=O) groups excluding carboxylic acids is 1. The van der Waals surface area contributed by atoms with Gasteiger partial charge in [0.05, 0.1) is 10.9 Å². The summed E-state index contributed by atoms with van der Waals surface area (Å²) in [5.74, 6) is -0.0689. The van der Waals surface area contributed by atoms with Crippen molar-refractivity contribution < 1.29 is 6.22 Å². The van der Waals surface area contributed by atoms with Crippen molar-refractivity contribution in [1.29, 1.82) is 5.26 Å². The number of hydrogen-bond donors (Lipinski definition) is 1. The van der Waals surface area contributed by atoms with Crippen molar-refractivity contribution >= 4 is 28.3 Å². The minimum Gasteiger partial charge on any atom is -0.346 e. The predicted molar refractivity (Wildman–Crippen MR) is 97.9 cm³/mol. The van der Waals surface area contributed by atoms with Crippen LogP contribution in [0.1, 0.15) is 30.9 Å². The molecule has 3 aromatic rings. The fourth-order valence-electron chi connectivity index (χ4n) is 2.62. The Labute approximate surface area is 146 Å². The highest BCUT2D eigenvalue weighted by atomic mass is 32.1. The average Bonchev–Trinajstić information content (AvgIpc) is 3.26. The van der Waals surface area contributed by atoms with Gasteiger partial charge in [-0.2, -0.15) is 5.26 Å². The molecule has 1 N–H and O–H groups in total. The van der Waals surface area contributed by atoms with E-state index in [4.69, 9.17) is 5.26 Å². The van der Waals surface area contributed by atoms with E-state index < -0.39 is 0 Å². The molecule has 0 aliphatic heterocycles. The second kappa shape index (κ2) is 7.28. The summed E-state index contributed by atoms with van der Waals surface area (Å²) in [4.78, 5) is 23.4. The zero-order chi connectivity index (χ0) is 16.9. The molecule has 0 unspecified atom stereocenters. The van der Waals surface area contributed by atoms with Gasteiger partial charge in [0.1, 0.15) is 12.2 Å². The molecule has 0 aliphatic carbocycles. The molecule has 3 aromatic heterocycles. The Morgan fingerprint density at radius 3 is 3.08 bits per heavy atom. The summed E-state index contributed by atoms with van der Waals surface area (Å²) in [6, 6.07) is 9.84. The highest BCUT2D eigenvalue weighted by Crippen LogP contribution is 2.33. The van der Waals surface area contributed by atoms with Gasteiger partial charge in [-0.3, -0.25) is 4.79 Å². The molecular weight excluding hydrogens is 320 g/mol. The smallest absolute Gasteiger partial charge is 0.264 e. The van der Waals surface area contributed by atoms with Gasteiger partial charge in [-0.25, -0.2) is 4.98 Å². The van der Waals surface area contributed by atoms with Gasteiger partial charge in [0.15, 0.2) is 0 Å². The number of carbonyl (C=O) groups is 1. The van der Waals surface area contributed by atoms with E-state index in [2.05, 4.69) is 23.0 Å². The Bertz CT molecular complexity index is 896. The van der Waals surface area contributed by atoms with Crippen LogP contribution in [0.3, 0.4) is 0 Å². The highest BCUT2D eigenvalue weighted by molar-refractivity contribution is 7.17. The number of H-pyrrole nitrogens is 1. The van der Waals surface area contributed by atoms with Gasteiger partial charge >= 0.3 is 0 Å². The Balaban J connectivity index is 0.00000225. The fraction of sp³-hybridized carbons (Fsp3) is 0.278. The molecule has 1 amide bonds. The number of pyridine rings is 1. The first-order valence-corrected chi connectivity index (χ1v) is 8.74. The van der Waals surface area contributed by atoms with Crippen LogP contribution in [0.2, 0.25) is 0 Å². The minimum atomic E-state index is -0.0689. The first-order valence-electron chi connectivity index (χ1n) is 7.93. The van der Waals surface area contributed by atoms with Crippen LogP contribution < -0.4 is 0 Å². The summed E-state index contributed by atoms with van der Waals surface area (Å²) < 4.78 is 0. The van der Waals surface area contributed by atoms with Gasteiger partial charge in [0.25, 0.3) is 5.91 Å². The quantitative estimate of drug-likeness (QED) is 0.680. The van der Waals surface area contributed by atoms with E-state index in [1.807, 2.05) is 30.5 Å². The van der Waals surface area contributed by atoms with E-state index in [0.29, 0.717) is 11.4 Å². The molecule has 0 saturated carbocycles. The lowest BCUT2D eigenvalue weighted by molar-refractivity contribution is 0.0779. The van der Waals surface area contributed by atoms with Crippen LogP contribution in [-0.4, -0.2) is 33.9 Å². The maximum absolute atomic E-state index is 12.7. The molecule has 0 spiro atoms. The summed E-state index contributed by atoms with van der Waals surface area (Å²) in [5.41, 5.74) is 1.90. The van der Waals surface area contributed by atoms with E-state index in [1.54, 1.807) is 11.1 Å². The number of thiophene rings is 1. The average molecular weight is 340 g/mol. The molecule has 3 rings (SSSR count). The number of nitriles is 1. The lowest BCUT2D eigenvalue weighted by Crippen LogP contribution is -2.31. The fourth-order valence-corrected chi connectivity index (χ4v) is 3.63. The zero-order valence-corrected chi connectivity index (χ0v) is 14.3. The second-order valence-corrected chi connectivity index (χ2v) is 6.58. The SMILES string of the molecule is CCCCN(CC#N)C(=O)c1ccc(-c2ccnc3[nH]ccc23)s1.[HH]. The lowest BCUT2D eigenvalue weighted by Gasteiger charge is -2.18. The van der Waals surface area contributed by atoms with Gasteiger partial charge < -0.3 is 9.88 Å². The van der Waals surface area contributed by atoms with Gasteiger partial charge in [0.2, 0.25) is 0 Å². The maximum Gasteiger partial charge on any atom is 0.264 e. The summed E-state index contributed by atoms with van der Waals surface area (Å²) in [7, 11) is 0. The summed E-state index contributed by atoms with van der Waals surface area (Å²) >= 11 is 1.46. The lowest BCUT2D eigenvalue weighted by atomic mass is 10.1. The van der Waals surface area contributed by atoms with Crippen LogP contribution in [0.15, 0.2) is 36.7 Å². The molecule has 0 aromatic carbocycles. The first kappa shape index (κ1) is 16.2. The van der Waals surface area contributed by atoms with E-state index in [1.165, 1.54) is 11.3 Å². The van der Waals surface area contributed by atoms with Gasteiger partial charge in [-0.05, 0) is 30.7 Å². The van der Waals surface area contributed by atoms with Crippen LogP contribution in [0.5, 0.6) is 0 Å². The first-order chi connectivity index (χ1) is 11.7. The molecule has 0 radical (unpaired) electrons. The monoisotopic (exact) mass is 340 g/mol. The second-order valence-electron chi connectivity index (χ2n) is 5.50. The van der Waals surface area contributed by atoms with E-state index in [0.717, 1.165) is 34.3 Å². The van der Waals surface area contributed by atoms with Gasteiger partial charge in [-0.15, -0.1) is 11.3 Å². The Hall–Kier alpha value is -2.65. The Kier molecular flexibility index (Phi) is 4.92. The van der Waals surface area contributed by atoms with Crippen molar-refractivity contribution in [2.75, 3.05) is 13.1 Å². The number of amides is 1. The van der Waals surface area contributed by atoms with E-state index >= 15 is 0 Å². The summed E-state index contributed by atoms with van der Waals surface area (Å²) in [6.07, 6.45) is 5.52. The van der Waals surface area contributed by atoms with Gasteiger partial charge in [0, 0.05) is 36.2 Å². The van der Waals surface area contributed by atoms with Crippen molar-refractivity contribution in [2.45, 2.75) is 19.8 Å². The number of unbranched alkanes of at least 4 members (excludes halogenated alkanes) is 1. The molecule has 3 heterocycles. The van der Waals surface area contributed by atoms with Crippen molar-refractivity contribution in [3.05, 3.63) is 41.5 Å². The predicted octanol–water partition coefficient (Wildman–Crippen LogP) is 4.30. The van der Waals surface area contributed by atoms with Crippen LogP contribution >= 0.6 is 11.3 Å². The van der Waals surface area contributed by atoms with E-state index in [-0.39, 0.29) is 13.9 Å². The molecule has 0 bridgehead atoms. The molecule has 6 heteroatoms. The summed E-state index contributed by atoms with van der Waals surface area (Å²) in [6.45, 7) is 2.82.